The molecule has 2 fully saturated rings. The van der Waals surface area contributed by atoms with Gasteiger partial charge >= 0.3 is 0 Å². The zero-order valence-electron chi connectivity index (χ0n) is 12.1. The number of para-hydroxylation sites is 1. The van der Waals surface area contributed by atoms with Gasteiger partial charge in [0, 0.05) is 25.3 Å². The molecule has 2 N–H and O–H groups in total. The smallest absolute Gasteiger partial charge is 0.249 e. The Kier molecular flexibility index (Phi) is 4.72. The summed E-state index contributed by atoms with van der Waals surface area (Å²) in [5, 5.41) is 6.23. The van der Waals surface area contributed by atoms with Crippen LogP contribution >= 0.6 is 0 Å². The van der Waals surface area contributed by atoms with Gasteiger partial charge in [-0.25, -0.2) is 0 Å². The molecule has 0 bridgehead atoms. The van der Waals surface area contributed by atoms with Crippen LogP contribution in [0.15, 0.2) is 24.3 Å². The molecule has 0 spiro atoms. The van der Waals surface area contributed by atoms with Crippen molar-refractivity contribution in [3.63, 3.8) is 0 Å². The van der Waals surface area contributed by atoms with Crippen LogP contribution in [0.4, 0.5) is 0 Å². The Labute approximate surface area is 125 Å². The second-order valence-electron chi connectivity index (χ2n) is 5.56. The molecule has 114 valence electrons. The number of amides is 1. The Bertz CT molecular complexity index is 480. The van der Waals surface area contributed by atoms with E-state index in [1.54, 1.807) is 0 Å². The zero-order chi connectivity index (χ0) is 14.5. The van der Waals surface area contributed by atoms with Gasteiger partial charge in [-0.2, -0.15) is 0 Å². The van der Waals surface area contributed by atoms with E-state index < -0.39 is 0 Å². The molecular weight excluding hydrogens is 268 g/mol. The monoisotopic (exact) mass is 290 g/mol. The molecule has 1 aromatic rings. The minimum Gasteiger partial charge on any atom is -0.489 e. The van der Waals surface area contributed by atoms with Crippen LogP contribution in [0.3, 0.4) is 0 Å². The van der Waals surface area contributed by atoms with Crippen LogP contribution in [-0.4, -0.2) is 37.8 Å². The topological polar surface area (TPSA) is 59.6 Å². The van der Waals surface area contributed by atoms with Crippen LogP contribution in [0.25, 0.3) is 0 Å². The first-order chi connectivity index (χ1) is 10.3. The molecule has 2 aliphatic heterocycles. The third-order valence-electron chi connectivity index (χ3n) is 3.96. The Morgan fingerprint density at radius 3 is 3.05 bits per heavy atom. The fourth-order valence-corrected chi connectivity index (χ4v) is 2.75. The molecule has 2 atom stereocenters. The van der Waals surface area contributed by atoms with Crippen molar-refractivity contribution in [1.82, 2.24) is 10.6 Å². The highest BCUT2D eigenvalue weighted by Crippen LogP contribution is 2.21. The van der Waals surface area contributed by atoms with E-state index in [1.807, 2.05) is 24.3 Å². The minimum absolute atomic E-state index is 0.0233. The van der Waals surface area contributed by atoms with Gasteiger partial charge in [0.2, 0.25) is 5.91 Å². The van der Waals surface area contributed by atoms with E-state index >= 15 is 0 Å². The fraction of sp³-hybridized carbons (Fsp3) is 0.562. The second-order valence-corrected chi connectivity index (χ2v) is 5.56. The van der Waals surface area contributed by atoms with Gasteiger partial charge in [-0.15, -0.1) is 0 Å². The third-order valence-corrected chi connectivity index (χ3v) is 3.96. The van der Waals surface area contributed by atoms with Crippen molar-refractivity contribution in [2.75, 3.05) is 19.7 Å². The molecule has 2 unspecified atom stereocenters. The molecule has 0 aromatic heterocycles. The maximum Gasteiger partial charge on any atom is 0.249 e. The van der Waals surface area contributed by atoms with Gasteiger partial charge in [-0.05, 0) is 31.9 Å². The number of benzene rings is 1. The summed E-state index contributed by atoms with van der Waals surface area (Å²) < 4.78 is 11.4. The zero-order valence-corrected chi connectivity index (χ0v) is 12.1. The van der Waals surface area contributed by atoms with E-state index in [9.17, 15) is 4.79 Å². The lowest BCUT2D eigenvalue weighted by Gasteiger charge is -2.17. The molecule has 0 saturated carbocycles. The van der Waals surface area contributed by atoms with Crippen LogP contribution in [0.2, 0.25) is 0 Å². The van der Waals surface area contributed by atoms with Gasteiger partial charge in [0.25, 0.3) is 0 Å². The predicted molar refractivity (Wildman–Crippen MR) is 79.2 cm³/mol. The van der Waals surface area contributed by atoms with Crippen molar-refractivity contribution in [2.45, 2.75) is 38.0 Å². The Balaban J connectivity index is 1.57. The Morgan fingerprint density at radius 1 is 1.38 bits per heavy atom. The van der Waals surface area contributed by atoms with Crippen LogP contribution in [0.1, 0.15) is 24.8 Å². The quantitative estimate of drug-likeness (QED) is 0.856. The van der Waals surface area contributed by atoms with Gasteiger partial charge in [0.1, 0.15) is 18.0 Å². The maximum atomic E-state index is 12.0. The first-order valence-corrected chi connectivity index (χ1v) is 7.67. The standard InChI is InChI=1S/C16H22N2O3/c19-16(15-6-3-9-20-15)18-10-12-4-1-2-5-14(12)21-13-7-8-17-11-13/h1-2,4-5,13,15,17H,3,6-11H2,(H,18,19). The summed E-state index contributed by atoms with van der Waals surface area (Å²) in [4.78, 5) is 12.0. The average Bonchev–Trinajstić information content (AvgIpc) is 3.19. The molecule has 5 heteroatoms. The van der Waals surface area contributed by atoms with Gasteiger partial charge < -0.3 is 20.1 Å². The molecule has 3 rings (SSSR count). The SMILES string of the molecule is O=C(NCc1ccccc1OC1CCNC1)C1CCCO1. The number of carbonyl (C=O) groups excluding carboxylic acids is 1. The Hall–Kier alpha value is -1.59. The number of nitrogens with one attached hydrogen (secondary N) is 2. The number of rotatable bonds is 5. The minimum atomic E-state index is -0.280. The van der Waals surface area contributed by atoms with E-state index in [-0.39, 0.29) is 18.1 Å². The summed E-state index contributed by atoms with van der Waals surface area (Å²) in [7, 11) is 0. The van der Waals surface area contributed by atoms with Gasteiger partial charge in [-0.3, -0.25) is 4.79 Å². The largest absolute Gasteiger partial charge is 0.489 e. The number of carbonyl (C=O) groups is 1. The lowest BCUT2D eigenvalue weighted by Crippen LogP contribution is -2.33. The van der Waals surface area contributed by atoms with E-state index in [2.05, 4.69) is 10.6 Å². The van der Waals surface area contributed by atoms with Crippen LogP contribution in [-0.2, 0) is 16.1 Å². The number of hydrogen-bond donors (Lipinski definition) is 2. The predicted octanol–water partition coefficient (Wildman–Crippen LogP) is 1.22. The van der Waals surface area contributed by atoms with Gasteiger partial charge in [0.15, 0.2) is 0 Å². The Morgan fingerprint density at radius 2 is 2.29 bits per heavy atom. The molecule has 0 radical (unpaired) electrons. The fourth-order valence-electron chi connectivity index (χ4n) is 2.75. The lowest BCUT2D eigenvalue weighted by molar-refractivity contribution is -0.130. The average molecular weight is 290 g/mol. The summed E-state index contributed by atoms with van der Waals surface area (Å²) in [5.74, 6) is 0.837. The van der Waals surface area contributed by atoms with E-state index in [0.717, 1.165) is 43.7 Å². The highest BCUT2D eigenvalue weighted by Gasteiger charge is 2.23. The molecule has 1 aromatic carbocycles. The van der Waals surface area contributed by atoms with E-state index in [4.69, 9.17) is 9.47 Å². The number of hydrogen-bond acceptors (Lipinski definition) is 4. The van der Waals surface area contributed by atoms with Crippen molar-refractivity contribution in [3.8, 4) is 5.75 Å². The van der Waals surface area contributed by atoms with Crippen molar-refractivity contribution in [3.05, 3.63) is 29.8 Å². The molecule has 5 nitrogen and oxygen atoms in total. The van der Waals surface area contributed by atoms with Crippen LogP contribution in [0, 0.1) is 0 Å². The van der Waals surface area contributed by atoms with Crippen molar-refractivity contribution in [2.24, 2.45) is 0 Å². The van der Waals surface area contributed by atoms with Gasteiger partial charge in [-0.1, -0.05) is 18.2 Å². The van der Waals surface area contributed by atoms with Crippen molar-refractivity contribution in [1.29, 1.82) is 0 Å². The molecule has 21 heavy (non-hydrogen) atoms. The van der Waals surface area contributed by atoms with E-state index in [1.165, 1.54) is 0 Å². The summed E-state index contributed by atoms with van der Waals surface area (Å²) in [6, 6.07) is 7.88. The van der Waals surface area contributed by atoms with E-state index in [0.29, 0.717) is 13.2 Å². The number of ether oxygens (including phenoxy) is 2. The highest BCUT2D eigenvalue weighted by molar-refractivity contribution is 5.81. The van der Waals surface area contributed by atoms with Crippen LogP contribution < -0.4 is 15.4 Å². The molecule has 0 aliphatic carbocycles. The van der Waals surface area contributed by atoms with Crippen molar-refractivity contribution < 1.29 is 14.3 Å². The first-order valence-electron chi connectivity index (χ1n) is 7.67. The normalized spacial score (nSPS) is 25.0. The molecule has 2 heterocycles. The van der Waals surface area contributed by atoms with Gasteiger partial charge in [0.05, 0.1) is 0 Å². The maximum absolute atomic E-state index is 12.0. The molecule has 2 saturated heterocycles. The first kappa shape index (κ1) is 14.4. The van der Waals surface area contributed by atoms with Crippen LogP contribution in [0.5, 0.6) is 5.75 Å². The summed E-state index contributed by atoms with van der Waals surface area (Å²) in [6.45, 7) is 3.06. The lowest BCUT2D eigenvalue weighted by atomic mass is 10.1. The molecule has 2 aliphatic rings. The summed E-state index contributed by atoms with van der Waals surface area (Å²) in [6.07, 6.45) is 2.75. The highest BCUT2D eigenvalue weighted by atomic mass is 16.5. The molecular formula is C16H22N2O3. The third kappa shape index (κ3) is 3.74. The second kappa shape index (κ2) is 6.91. The summed E-state index contributed by atoms with van der Waals surface area (Å²) in [5.41, 5.74) is 1.01. The van der Waals surface area contributed by atoms with Crippen molar-refractivity contribution >= 4 is 5.91 Å². The molecule has 1 amide bonds. The summed E-state index contributed by atoms with van der Waals surface area (Å²) >= 11 is 0.